The molecule has 3 atom stereocenters. The van der Waals surface area contributed by atoms with Gasteiger partial charge in [0.15, 0.2) is 9.84 Å². The molecule has 3 aromatic rings. The van der Waals surface area contributed by atoms with Crippen LogP contribution in [0.15, 0.2) is 60.0 Å². The van der Waals surface area contributed by atoms with Crippen LogP contribution in [0.1, 0.15) is 47.6 Å². The predicted molar refractivity (Wildman–Crippen MR) is 141 cm³/mol. The van der Waals surface area contributed by atoms with Gasteiger partial charge in [-0.2, -0.15) is 13.2 Å². The zero-order valence-electron chi connectivity index (χ0n) is 22.2. The molecule has 2 heterocycles. The normalized spacial score (nSPS) is 19.4. The van der Waals surface area contributed by atoms with Crippen LogP contribution < -0.4 is 4.74 Å². The van der Waals surface area contributed by atoms with Crippen LogP contribution in [-0.4, -0.2) is 66.1 Å². The van der Waals surface area contributed by atoms with Gasteiger partial charge in [-0.15, -0.1) is 0 Å². The number of aromatic nitrogens is 3. The Kier molecular flexibility index (Phi) is 10.2. The Balaban J connectivity index is 0.00000141. The average molecular weight is 581 g/mol. The summed E-state index contributed by atoms with van der Waals surface area (Å²) in [5, 5.41) is 6.89. The molecule has 0 radical (unpaired) electrons. The van der Waals surface area contributed by atoms with E-state index < -0.39 is 21.6 Å². The SMILES string of the molecule is Cc1cc(O[C@H]2CC[C@H](c3cccc(C(F)(F)F)c3)C[C@@H]2N(C)C)ncc1S(=O)(=O)Cc1ccncn1.O=CO. The van der Waals surface area contributed by atoms with Gasteiger partial charge >= 0.3 is 6.18 Å². The largest absolute Gasteiger partial charge is 0.483 e. The first-order valence-electron chi connectivity index (χ1n) is 12.4. The van der Waals surface area contributed by atoms with Crippen molar-refractivity contribution in [3.05, 3.63) is 77.5 Å². The highest BCUT2D eigenvalue weighted by Gasteiger charge is 2.36. The Morgan fingerprint density at radius 2 is 1.88 bits per heavy atom. The lowest BCUT2D eigenvalue weighted by atomic mass is 9.79. The lowest BCUT2D eigenvalue weighted by Gasteiger charge is -2.39. The quantitative estimate of drug-likeness (QED) is 0.402. The highest BCUT2D eigenvalue weighted by atomic mass is 32.2. The summed E-state index contributed by atoms with van der Waals surface area (Å²) in [6.45, 7) is 1.44. The second-order valence-corrected chi connectivity index (χ2v) is 11.6. The minimum atomic E-state index is -4.38. The maximum Gasteiger partial charge on any atom is 0.416 e. The fourth-order valence-electron chi connectivity index (χ4n) is 4.81. The number of nitrogens with zero attached hydrogens (tertiary/aromatic N) is 4. The van der Waals surface area contributed by atoms with E-state index in [1.807, 2.05) is 19.0 Å². The highest BCUT2D eigenvalue weighted by Crippen LogP contribution is 2.38. The predicted octanol–water partition coefficient (Wildman–Crippen LogP) is 4.52. The van der Waals surface area contributed by atoms with Gasteiger partial charge in [-0.1, -0.05) is 18.2 Å². The minimum absolute atomic E-state index is 0.0291. The van der Waals surface area contributed by atoms with Crippen LogP contribution in [0.2, 0.25) is 0 Å². The maximum absolute atomic E-state index is 13.2. The molecule has 1 N–H and O–H groups in total. The van der Waals surface area contributed by atoms with E-state index in [9.17, 15) is 21.6 Å². The van der Waals surface area contributed by atoms with Gasteiger partial charge in [0.05, 0.1) is 21.9 Å². The molecule has 0 amide bonds. The molecule has 0 saturated heterocycles. The third kappa shape index (κ3) is 7.98. The number of ether oxygens (including phenoxy) is 1. The summed E-state index contributed by atoms with van der Waals surface area (Å²) in [4.78, 5) is 22.5. The topological polar surface area (TPSA) is 123 Å². The van der Waals surface area contributed by atoms with Crippen molar-refractivity contribution in [2.24, 2.45) is 0 Å². The lowest BCUT2D eigenvalue weighted by molar-refractivity contribution is -0.137. The number of hydrogen-bond donors (Lipinski definition) is 1. The number of carbonyl (C=O) groups is 1. The molecular formula is C27H31F3N4O5S. The first kappa shape index (κ1) is 31.0. The molecule has 1 aliphatic carbocycles. The summed E-state index contributed by atoms with van der Waals surface area (Å²) in [6.07, 6.45) is 1.39. The molecule has 216 valence electrons. The van der Waals surface area contributed by atoms with Crippen molar-refractivity contribution in [2.45, 2.75) is 61.1 Å². The average Bonchev–Trinajstić information content (AvgIpc) is 2.89. The molecule has 13 heteroatoms. The van der Waals surface area contributed by atoms with Crippen LogP contribution in [0.3, 0.4) is 0 Å². The summed E-state index contributed by atoms with van der Waals surface area (Å²) in [6, 6.07) is 8.64. The van der Waals surface area contributed by atoms with E-state index in [1.54, 1.807) is 25.1 Å². The maximum atomic E-state index is 13.2. The lowest BCUT2D eigenvalue weighted by Crippen LogP contribution is -2.46. The second-order valence-electron chi connectivity index (χ2n) is 9.67. The van der Waals surface area contributed by atoms with E-state index in [4.69, 9.17) is 14.6 Å². The van der Waals surface area contributed by atoms with Crippen LogP contribution in [0.25, 0.3) is 0 Å². The van der Waals surface area contributed by atoms with Gasteiger partial charge in [-0.05, 0) is 69.5 Å². The molecule has 9 nitrogen and oxygen atoms in total. The van der Waals surface area contributed by atoms with Gasteiger partial charge in [-0.3, -0.25) is 4.79 Å². The fourth-order valence-corrected chi connectivity index (χ4v) is 6.29. The second kappa shape index (κ2) is 13.2. The van der Waals surface area contributed by atoms with Crippen LogP contribution in [0, 0.1) is 6.92 Å². The number of hydrogen-bond acceptors (Lipinski definition) is 8. The number of halogens is 3. The molecule has 2 aromatic heterocycles. The third-order valence-corrected chi connectivity index (χ3v) is 8.50. The molecule has 1 aromatic carbocycles. The van der Waals surface area contributed by atoms with Crippen molar-refractivity contribution in [3.63, 3.8) is 0 Å². The van der Waals surface area contributed by atoms with E-state index in [0.29, 0.717) is 42.0 Å². The van der Waals surface area contributed by atoms with Gasteiger partial charge in [0.2, 0.25) is 5.88 Å². The summed E-state index contributed by atoms with van der Waals surface area (Å²) < 4.78 is 71.6. The number of carboxylic acid groups (broad SMARTS) is 1. The molecule has 0 spiro atoms. The molecule has 1 saturated carbocycles. The summed E-state index contributed by atoms with van der Waals surface area (Å²) >= 11 is 0. The van der Waals surface area contributed by atoms with Gasteiger partial charge in [0.25, 0.3) is 6.47 Å². The van der Waals surface area contributed by atoms with E-state index in [-0.39, 0.29) is 35.2 Å². The minimum Gasteiger partial charge on any atom is -0.483 e. The molecule has 0 aliphatic heterocycles. The zero-order chi connectivity index (χ0) is 29.5. The van der Waals surface area contributed by atoms with Gasteiger partial charge in [0.1, 0.15) is 12.4 Å². The van der Waals surface area contributed by atoms with Crippen molar-refractivity contribution in [1.82, 2.24) is 19.9 Å². The Morgan fingerprint density at radius 1 is 1.15 bits per heavy atom. The summed E-state index contributed by atoms with van der Waals surface area (Å²) in [5.41, 5.74) is 0.936. The van der Waals surface area contributed by atoms with Crippen LogP contribution in [0.5, 0.6) is 5.88 Å². The molecule has 1 aliphatic rings. The first-order valence-corrected chi connectivity index (χ1v) is 14.0. The van der Waals surface area contributed by atoms with Crippen molar-refractivity contribution in [1.29, 1.82) is 0 Å². The monoisotopic (exact) mass is 580 g/mol. The Hall–Kier alpha value is -3.58. The molecule has 4 rings (SSSR count). The van der Waals surface area contributed by atoms with E-state index in [2.05, 4.69) is 15.0 Å². The fraction of sp³-hybridized carbons (Fsp3) is 0.407. The standard InChI is InChI=1S/C26H29F3N4O3S.CH2O2/c1-17-11-25(31-14-24(17)37(34,35)15-21-9-10-30-16-32-21)36-23-8-7-19(13-22(23)33(2)3)18-5-4-6-20(12-18)26(27,28)29;2-1-3/h4-6,9-12,14,16,19,22-23H,7-8,13,15H2,1-3H3;1H,(H,2,3)/t19-,22-,23-;/m0./s1. The number of alkyl halides is 3. The van der Waals surface area contributed by atoms with Crippen LogP contribution >= 0.6 is 0 Å². The van der Waals surface area contributed by atoms with Crippen molar-refractivity contribution >= 4 is 16.3 Å². The van der Waals surface area contributed by atoms with Crippen molar-refractivity contribution in [3.8, 4) is 5.88 Å². The number of aryl methyl sites for hydroxylation is 1. The van der Waals surface area contributed by atoms with E-state index in [1.165, 1.54) is 30.9 Å². The van der Waals surface area contributed by atoms with E-state index >= 15 is 0 Å². The smallest absolute Gasteiger partial charge is 0.416 e. The van der Waals surface area contributed by atoms with Crippen molar-refractivity contribution in [2.75, 3.05) is 14.1 Å². The van der Waals surface area contributed by atoms with Gasteiger partial charge in [-0.25, -0.2) is 23.4 Å². The summed E-state index contributed by atoms with van der Waals surface area (Å²) in [5.74, 6) is 0.0203. The molecule has 1 fully saturated rings. The third-order valence-electron chi connectivity index (χ3n) is 6.73. The number of benzene rings is 1. The number of sulfone groups is 1. The molecular weight excluding hydrogens is 549 g/mol. The Morgan fingerprint density at radius 3 is 2.48 bits per heavy atom. The van der Waals surface area contributed by atoms with Crippen LogP contribution in [0.4, 0.5) is 13.2 Å². The van der Waals surface area contributed by atoms with E-state index in [0.717, 1.165) is 6.07 Å². The Labute approximate surface area is 231 Å². The summed E-state index contributed by atoms with van der Waals surface area (Å²) in [7, 11) is 0.161. The first-order chi connectivity index (χ1) is 18.9. The Bertz CT molecular complexity index is 1390. The zero-order valence-corrected chi connectivity index (χ0v) is 23.1. The van der Waals surface area contributed by atoms with Crippen molar-refractivity contribution < 1.29 is 36.2 Å². The molecule has 0 unspecified atom stereocenters. The van der Waals surface area contributed by atoms with Gasteiger partial charge < -0.3 is 14.7 Å². The number of likely N-dealkylation sites (N-methyl/N-ethyl adjacent to an activating group) is 1. The van der Waals surface area contributed by atoms with Crippen LogP contribution in [-0.2, 0) is 26.6 Å². The molecule has 40 heavy (non-hydrogen) atoms. The molecule has 0 bridgehead atoms. The number of rotatable bonds is 7. The highest BCUT2D eigenvalue weighted by molar-refractivity contribution is 7.90. The number of pyridine rings is 1. The van der Waals surface area contributed by atoms with Gasteiger partial charge in [0, 0.05) is 24.5 Å².